The minimum Gasteiger partial charge on any atom is -0.497 e. The lowest BCUT2D eigenvalue weighted by atomic mass is 10.1. The molecule has 0 bridgehead atoms. The molecule has 0 aromatic heterocycles. The van der Waals surface area contributed by atoms with Gasteiger partial charge in [-0.05, 0) is 35.4 Å². The lowest BCUT2D eigenvalue weighted by molar-refractivity contribution is 0.0416. The number of nitrogens with zero attached hydrogens (tertiary/aromatic N) is 1. The van der Waals surface area contributed by atoms with Gasteiger partial charge in [-0.1, -0.05) is 24.3 Å². The summed E-state index contributed by atoms with van der Waals surface area (Å²) in [6.07, 6.45) is 3.60. The summed E-state index contributed by atoms with van der Waals surface area (Å²) in [4.78, 5) is 13.7. The summed E-state index contributed by atoms with van der Waals surface area (Å²) in [7, 11) is 3.25. The molecule has 1 aliphatic rings. The second kappa shape index (κ2) is 9.09. The minimum absolute atomic E-state index is 0.343. The highest BCUT2D eigenvalue weighted by atomic mass is 16.6. The molecule has 0 saturated carbocycles. The topological polar surface area (TPSA) is 57.2 Å². The van der Waals surface area contributed by atoms with Crippen molar-refractivity contribution in [3.8, 4) is 17.2 Å². The minimum atomic E-state index is -0.343. The van der Waals surface area contributed by atoms with Gasteiger partial charge >= 0.3 is 6.09 Å². The Morgan fingerprint density at radius 3 is 2.07 bits per heavy atom. The lowest BCUT2D eigenvalue weighted by Crippen LogP contribution is -2.42. The molecule has 0 unspecified atom stereocenters. The number of rotatable bonds is 5. The average Bonchev–Trinajstić information content (AvgIpc) is 2.73. The third-order valence-electron chi connectivity index (χ3n) is 4.20. The normalized spacial score (nSPS) is 14.2. The number of amides is 1. The summed E-state index contributed by atoms with van der Waals surface area (Å²) in [5, 5.41) is 0. The van der Waals surface area contributed by atoms with E-state index in [0.717, 1.165) is 22.6 Å². The van der Waals surface area contributed by atoms with Gasteiger partial charge in [0.15, 0.2) is 0 Å². The Balaban J connectivity index is 1.63. The Labute approximate surface area is 158 Å². The number of benzene rings is 2. The highest BCUT2D eigenvalue weighted by Gasteiger charge is 2.18. The zero-order valence-electron chi connectivity index (χ0n) is 15.5. The zero-order valence-corrected chi connectivity index (χ0v) is 15.5. The first-order chi connectivity index (χ1) is 13.2. The molecule has 1 saturated heterocycles. The fourth-order valence-electron chi connectivity index (χ4n) is 2.68. The van der Waals surface area contributed by atoms with Gasteiger partial charge in [-0.15, -0.1) is 0 Å². The molecule has 0 aliphatic carbocycles. The van der Waals surface area contributed by atoms with Crippen LogP contribution in [0.5, 0.6) is 17.2 Å². The van der Waals surface area contributed by atoms with Crippen molar-refractivity contribution < 1.29 is 23.7 Å². The molecule has 2 aromatic carbocycles. The van der Waals surface area contributed by atoms with Gasteiger partial charge in [0.2, 0.25) is 0 Å². The van der Waals surface area contributed by atoms with Gasteiger partial charge in [-0.25, -0.2) is 4.79 Å². The van der Waals surface area contributed by atoms with Crippen LogP contribution in [0.15, 0.2) is 42.5 Å². The largest absolute Gasteiger partial charge is 0.497 e. The van der Waals surface area contributed by atoms with Crippen LogP contribution in [0.3, 0.4) is 0 Å². The quantitative estimate of drug-likeness (QED) is 0.752. The molecule has 6 nitrogen and oxygen atoms in total. The summed E-state index contributed by atoms with van der Waals surface area (Å²) >= 11 is 0. The van der Waals surface area contributed by atoms with E-state index in [4.69, 9.17) is 18.9 Å². The van der Waals surface area contributed by atoms with Crippen LogP contribution in [0, 0.1) is 0 Å². The third-order valence-corrected chi connectivity index (χ3v) is 4.20. The van der Waals surface area contributed by atoms with Crippen molar-refractivity contribution in [3.05, 3.63) is 53.6 Å². The zero-order chi connectivity index (χ0) is 19.1. The Bertz CT molecular complexity index is 772. The highest BCUT2D eigenvalue weighted by molar-refractivity contribution is 5.73. The first-order valence-electron chi connectivity index (χ1n) is 8.73. The maximum absolute atomic E-state index is 12.1. The number of morpholine rings is 1. The van der Waals surface area contributed by atoms with Crippen molar-refractivity contribution >= 4 is 18.2 Å². The Hall–Kier alpha value is -2.99. The molecule has 1 aliphatic heterocycles. The number of methoxy groups -OCH3 is 2. The van der Waals surface area contributed by atoms with E-state index in [1.807, 2.05) is 42.5 Å². The van der Waals surface area contributed by atoms with E-state index in [-0.39, 0.29) is 6.09 Å². The molecule has 142 valence electrons. The molecule has 6 heteroatoms. The van der Waals surface area contributed by atoms with Crippen molar-refractivity contribution in [2.45, 2.75) is 0 Å². The van der Waals surface area contributed by atoms with E-state index in [2.05, 4.69) is 0 Å². The van der Waals surface area contributed by atoms with E-state index < -0.39 is 0 Å². The summed E-state index contributed by atoms with van der Waals surface area (Å²) in [6, 6.07) is 13.0. The fraction of sp³-hybridized carbons (Fsp3) is 0.286. The molecule has 0 N–H and O–H groups in total. The molecule has 1 heterocycles. The van der Waals surface area contributed by atoms with Gasteiger partial charge in [0.1, 0.15) is 17.2 Å². The Morgan fingerprint density at radius 2 is 1.48 bits per heavy atom. The highest BCUT2D eigenvalue weighted by Crippen LogP contribution is 2.24. The predicted octanol–water partition coefficient (Wildman–Crippen LogP) is 3.71. The van der Waals surface area contributed by atoms with Gasteiger partial charge in [-0.2, -0.15) is 0 Å². The first kappa shape index (κ1) is 18.8. The van der Waals surface area contributed by atoms with E-state index >= 15 is 0 Å². The standard InChI is InChI=1S/C21H23NO5/c1-24-19-13-17(14-20(15-19)25-2)4-3-16-5-7-18(8-6-16)27-21(23)22-9-11-26-12-10-22/h3-8,13-15H,9-12H2,1-2H3. The summed E-state index contributed by atoms with van der Waals surface area (Å²) in [5.41, 5.74) is 1.96. The summed E-state index contributed by atoms with van der Waals surface area (Å²) in [6.45, 7) is 2.22. The van der Waals surface area contributed by atoms with Crippen LogP contribution in [0.2, 0.25) is 0 Å². The van der Waals surface area contributed by atoms with Crippen molar-refractivity contribution in [2.24, 2.45) is 0 Å². The lowest BCUT2D eigenvalue weighted by Gasteiger charge is -2.25. The molecule has 3 rings (SSSR count). The summed E-state index contributed by atoms with van der Waals surface area (Å²) < 4.78 is 21.2. The van der Waals surface area contributed by atoms with Crippen LogP contribution in [-0.2, 0) is 4.74 Å². The van der Waals surface area contributed by atoms with Gasteiger partial charge in [0.25, 0.3) is 0 Å². The number of carbonyl (C=O) groups is 1. The molecular formula is C21H23NO5. The van der Waals surface area contributed by atoms with Gasteiger partial charge in [0, 0.05) is 19.2 Å². The van der Waals surface area contributed by atoms with Crippen molar-refractivity contribution in [1.82, 2.24) is 4.90 Å². The smallest absolute Gasteiger partial charge is 0.415 e. The Morgan fingerprint density at radius 1 is 0.889 bits per heavy atom. The maximum Gasteiger partial charge on any atom is 0.415 e. The maximum atomic E-state index is 12.1. The van der Waals surface area contributed by atoms with Gasteiger partial charge in [-0.3, -0.25) is 0 Å². The second-order valence-corrected chi connectivity index (χ2v) is 6.02. The molecule has 27 heavy (non-hydrogen) atoms. The van der Waals surface area contributed by atoms with Crippen molar-refractivity contribution in [1.29, 1.82) is 0 Å². The second-order valence-electron chi connectivity index (χ2n) is 6.02. The molecule has 0 spiro atoms. The number of hydrogen-bond donors (Lipinski definition) is 0. The first-order valence-corrected chi connectivity index (χ1v) is 8.73. The van der Waals surface area contributed by atoms with Crippen LogP contribution in [0.25, 0.3) is 12.2 Å². The van der Waals surface area contributed by atoms with Gasteiger partial charge < -0.3 is 23.8 Å². The average molecular weight is 369 g/mol. The predicted molar refractivity (Wildman–Crippen MR) is 103 cm³/mol. The van der Waals surface area contributed by atoms with E-state index in [0.29, 0.717) is 32.1 Å². The van der Waals surface area contributed by atoms with Crippen LogP contribution in [0.1, 0.15) is 11.1 Å². The molecule has 0 atom stereocenters. The fourth-order valence-corrected chi connectivity index (χ4v) is 2.68. The van der Waals surface area contributed by atoms with Crippen LogP contribution >= 0.6 is 0 Å². The van der Waals surface area contributed by atoms with Crippen LogP contribution < -0.4 is 14.2 Å². The van der Waals surface area contributed by atoms with E-state index in [1.165, 1.54) is 0 Å². The molecule has 0 radical (unpaired) electrons. The monoisotopic (exact) mass is 369 g/mol. The van der Waals surface area contributed by atoms with Gasteiger partial charge in [0.05, 0.1) is 27.4 Å². The molecular weight excluding hydrogens is 346 g/mol. The molecule has 1 fully saturated rings. The number of carbonyl (C=O) groups excluding carboxylic acids is 1. The SMILES string of the molecule is COc1cc(C=Cc2ccc(OC(=O)N3CCOCC3)cc2)cc(OC)c1. The van der Waals surface area contributed by atoms with Crippen molar-refractivity contribution in [3.63, 3.8) is 0 Å². The van der Waals surface area contributed by atoms with Crippen molar-refractivity contribution in [2.75, 3.05) is 40.5 Å². The van der Waals surface area contributed by atoms with E-state index in [1.54, 1.807) is 31.3 Å². The number of ether oxygens (including phenoxy) is 4. The van der Waals surface area contributed by atoms with E-state index in [9.17, 15) is 4.79 Å². The summed E-state index contributed by atoms with van der Waals surface area (Å²) in [5.74, 6) is 1.99. The number of hydrogen-bond acceptors (Lipinski definition) is 5. The third kappa shape index (κ3) is 5.24. The molecule has 1 amide bonds. The van der Waals surface area contributed by atoms with Crippen LogP contribution in [-0.4, -0.2) is 51.5 Å². The molecule has 2 aromatic rings. The Kier molecular flexibility index (Phi) is 6.33. The van der Waals surface area contributed by atoms with Crippen LogP contribution in [0.4, 0.5) is 4.79 Å².